The van der Waals surface area contributed by atoms with Crippen LogP contribution in [0.4, 0.5) is 5.82 Å². The summed E-state index contributed by atoms with van der Waals surface area (Å²) >= 11 is 1.44. The average molecular weight is 382 g/mol. The van der Waals surface area contributed by atoms with Crippen molar-refractivity contribution in [2.24, 2.45) is 0 Å². The summed E-state index contributed by atoms with van der Waals surface area (Å²) in [5.74, 6) is 0.407. The van der Waals surface area contributed by atoms with Gasteiger partial charge in [0, 0.05) is 31.8 Å². The van der Waals surface area contributed by atoms with Gasteiger partial charge in [0.1, 0.15) is 11.9 Å². The number of nitrogens with zero attached hydrogens (tertiary/aromatic N) is 1. The van der Waals surface area contributed by atoms with Gasteiger partial charge in [-0.25, -0.2) is 0 Å². The molecule has 3 aromatic rings. The fourth-order valence-electron chi connectivity index (χ4n) is 2.81. The number of rotatable bonds is 8. The summed E-state index contributed by atoms with van der Waals surface area (Å²) in [7, 11) is 0. The Labute approximate surface area is 162 Å². The number of carbonyl (C=O) groups excluding carboxylic acids is 2. The summed E-state index contributed by atoms with van der Waals surface area (Å²) in [5.41, 5.74) is 0.999. The molecule has 0 aliphatic carbocycles. The van der Waals surface area contributed by atoms with E-state index in [1.54, 1.807) is 0 Å². The molecule has 0 aliphatic heterocycles. The Hall–Kier alpha value is -2.93. The van der Waals surface area contributed by atoms with E-state index in [9.17, 15) is 9.59 Å². The Morgan fingerprint density at radius 2 is 1.78 bits per heavy atom. The van der Waals surface area contributed by atoms with Gasteiger partial charge in [0.2, 0.25) is 11.8 Å². The molecular weight excluding hydrogens is 360 g/mol. The van der Waals surface area contributed by atoms with Crippen LogP contribution in [0.15, 0.2) is 54.6 Å². The number of anilines is 1. The van der Waals surface area contributed by atoms with Gasteiger partial charge in [-0.1, -0.05) is 42.5 Å². The van der Waals surface area contributed by atoms with E-state index in [0.717, 1.165) is 21.5 Å². The maximum Gasteiger partial charge on any atom is 0.242 e. The number of amides is 2. The topological polar surface area (TPSA) is 83.1 Å². The van der Waals surface area contributed by atoms with Crippen molar-refractivity contribution in [3.05, 3.63) is 60.2 Å². The van der Waals surface area contributed by atoms with E-state index >= 15 is 0 Å². The highest BCUT2D eigenvalue weighted by Gasteiger charge is 2.19. The van der Waals surface area contributed by atoms with Crippen LogP contribution in [0.25, 0.3) is 10.1 Å². The van der Waals surface area contributed by atoms with E-state index < -0.39 is 6.04 Å². The summed E-state index contributed by atoms with van der Waals surface area (Å²) in [6, 6.07) is 17.1. The molecule has 3 rings (SSSR count). The molecule has 1 atom stereocenters. The van der Waals surface area contributed by atoms with E-state index in [4.69, 9.17) is 0 Å². The number of benzene rings is 2. The first-order valence-electron chi connectivity index (χ1n) is 8.80. The molecule has 0 saturated heterocycles. The summed E-state index contributed by atoms with van der Waals surface area (Å²) in [5, 5.41) is 9.93. The summed E-state index contributed by atoms with van der Waals surface area (Å²) in [6.45, 7) is 2.41. The lowest BCUT2D eigenvalue weighted by Crippen LogP contribution is -2.48. The van der Waals surface area contributed by atoms with E-state index in [-0.39, 0.29) is 11.8 Å². The molecule has 1 unspecified atom stereocenters. The number of fused-ring (bicyclic) bond motifs is 1. The lowest BCUT2D eigenvalue weighted by Gasteiger charge is -2.18. The smallest absolute Gasteiger partial charge is 0.242 e. The van der Waals surface area contributed by atoms with Crippen LogP contribution in [-0.4, -0.2) is 35.3 Å². The summed E-state index contributed by atoms with van der Waals surface area (Å²) < 4.78 is 5.53. The number of carbonyl (C=O) groups is 2. The molecule has 1 heterocycles. The fourth-order valence-corrected chi connectivity index (χ4v) is 3.56. The normalized spacial score (nSPS) is 11.7. The van der Waals surface area contributed by atoms with Gasteiger partial charge in [-0.3, -0.25) is 9.59 Å². The zero-order valence-electron chi connectivity index (χ0n) is 15.1. The lowest BCUT2D eigenvalue weighted by atomic mass is 10.1. The highest BCUT2D eigenvalue weighted by Crippen LogP contribution is 2.25. The molecule has 0 aliphatic rings. The van der Waals surface area contributed by atoms with Gasteiger partial charge in [-0.2, -0.15) is 4.37 Å². The largest absolute Gasteiger partial charge is 0.367 e. The monoisotopic (exact) mass is 382 g/mol. The van der Waals surface area contributed by atoms with Crippen LogP contribution < -0.4 is 16.0 Å². The molecule has 7 heteroatoms. The molecule has 27 heavy (non-hydrogen) atoms. The van der Waals surface area contributed by atoms with Crippen LogP contribution in [0.3, 0.4) is 0 Å². The number of nitrogens with one attached hydrogen (secondary N) is 3. The third kappa shape index (κ3) is 5.27. The number of hydrogen-bond donors (Lipinski definition) is 3. The standard InChI is InChI=1S/C20H22N4O2S/c1-14(25)23-17(13-15-7-3-2-4-8-15)20(26)22-12-11-21-19-16-9-5-6-10-18(16)27-24-19/h2-10,17H,11-13H2,1H3,(H,21,24)(H,22,26)(H,23,25). The van der Waals surface area contributed by atoms with Gasteiger partial charge in [-0.05, 0) is 29.2 Å². The molecule has 0 spiro atoms. The fraction of sp³-hybridized carbons (Fsp3) is 0.250. The van der Waals surface area contributed by atoms with Crippen molar-refractivity contribution in [1.82, 2.24) is 15.0 Å². The molecule has 140 valence electrons. The Bertz CT molecular complexity index is 911. The molecule has 6 nitrogen and oxygen atoms in total. The second-order valence-electron chi connectivity index (χ2n) is 6.19. The molecule has 2 amide bonds. The zero-order valence-corrected chi connectivity index (χ0v) is 15.9. The minimum Gasteiger partial charge on any atom is -0.367 e. The van der Waals surface area contributed by atoms with Crippen LogP contribution in [0.1, 0.15) is 12.5 Å². The molecule has 0 fully saturated rings. The first kappa shape index (κ1) is 18.8. The summed E-state index contributed by atoms with van der Waals surface area (Å²) in [4.78, 5) is 23.9. The van der Waals surface area contributed by atoms with Gasteiger partial charge < -0.3 is 16.0 Å². The van der Waals surface area contributed by atoms with Crippen LogP contribution in [0, 0.1) is 0 Å². The highest BCUT2D eigenvalue weighted by molar-refractivity contribution is 7.13. The summed E-state index contributed by atoms with van der Waals surface area (Å²) in [6.07, 6.45) is 0.455. The third-order valence-corrected chi connectivity index (χ3v) is 4.90. The molecule has 0 bridgehead atoms. The highest BCUT2D eigenvalue weighted by atomic mass is 32.1. The number of hydrogen-bond acceptors (Lipinski definition) is 5. The second-order valence-corrected chi connectivity index (χ2v) is 6.99. The predicted molar refractivity (Wildman–Crippen MR) is 109 cm³/mol. The van der Waals surface area contributed by atoms with Crippen molar-refractivity contribution in [2.45, 2.75) is 19.4 Å². The molecule has 0 saturated carbocycles. The van der Waals surface area contributed by atoms with Crippen LogP contribution >= 0.6 is 11.5 Å². The predicted octanol–water partition coefficient (Wildman–Crippen LogP) is 2.57. The third-order valence-electron chi connectivity index (χ3n) is 4.07. The minimum atomic E-state index is -0.593. The van der Waals surface area contributed by atoms with Gasteiger partial charge >= 0.3 is 0 Å². The maximum absolute atomic E-state index is 12.5. The van der Waals surface area contributed by atoms with Gasteiger partial charge in [0.25, 0.3) is 0 Å². The minimum absolute atomic E-state index is 0.195. The maximum atomic E-state index is 12.5. The van der Waals surface area contributed by atoms with Gasteiger partial charge in [-0.15, -0.1) is 0 Å². The molecule has 2 aromatic carbocycles. The molecule has 1 aromatic heterocycles. The first-order valence-corrected chi connectivity index (χ1v) is 9.58. The Kier molecular flexibility index (Phi) is 6.38. The van der Waals surface area contributed by atoms with Crippen molar-refractivity contribution in [3.63, 3.8) is 0 Å². The van der Waals surface area contributed by atoms with Crippen molar-refractivity contribution >= 4 is 39.3 Å². The molecule has 0 radical (unpaired) electrons. The number of aromatic nitrogens is 1. The quantitative estimate of drug-likeness (QED) is 0.523. The Balaban J connectivity index is 1.52. The van der Waals surface area contributed by atoms with Crippen molar-refractivity contribution < 1.29 is 9.59 Å². The lowest BCUT2D eigenvalue weighted by molar-refractivity contribution is -0.128. The van der Waals surface area contributed by atoms with Crippen LogP contribution in [0.2, 0.25) is 0 Å². The zero-order chi connectivity index (χ0) is 19.1. The van der Waals surface area contributed by atoms with Crippen LogP contribution in [0.5, 0.6) is 0 Å². The van der Waals surface area contributed by atoms with E-state index in [0.29, 0.717) is 19.5 Å². The van der Waals surface area contributed by atoms with Crippen LogP contribution in [-0.2, 0) is 16.0 Å². The SMILES string of the molecule is CC(=O)NC(Cc1ccccc1)C(=O)NCCNc1nsc2ccccc12. The Morgan fingerprint density at radius 3 is 2.56 bits per heavy atom. The van der Waals surface area contributed by atoms with Crippen molar-refractivity contribution in [1.29, 1.82) is 0 Å². The van der Waals surface area contributed by atoms with Gasteiger partial charge in [0.05, 0.1) is 4.70 Å². The average Bonchev–Trinajstić information content (AvgIpc) is 3.08. The molecular formula is C20H22N4O2S. The first-order chi connectivity index (χ1) is 13.1. The second kappa shape index (κ2) is 9.14. The van der Waals surface area contributed by atoms with E-state index in [1.807, 2.05) is 54.6 Å². The Morgan fingerprint density at radius 1 is 1.04 bits per heavy atom. The van der Waals surface area contributed by atoms with E-state index in [1.165, 1.54) is 18.5 Å². The van der Waals surface area contributed by atoms with Gasteiger partial charge in [0.15, 0.2) is 0 Å². The van der Waals surface area contributed by atoms with Crippen molar-refractivity contribution in [3.8, 4) is 0 Å². The van der Waals surface area contributed by atoms with Crippen molar-refractivity contribution in [2.75, 3.05) is 18.4 Å². The molecule has 3 N–H and O–H groups in total. The van der Waals surface area contributed by atoms with E-state index in [2.05, 4.69) is 20.3 Å².